The SMILES string of the molecule is Cc1ccccc1-c1cn2c(CC(=O)O)csc2n1. The quantitative estimate of drug-likeness (QED) is 0.797. The van der Waals surface area contributed by atoms with E-state index in [0.29, 0.717) is 0 Å². The summed E-state index contributed by atoms with van der Waals surface area (Å²) in [5, 5.41) is 10.7. The monoisotopic (exact) mass is 272 g/mol. The van der Waals surface area contributed by atoms with Crippen molar-refractivity contribution in [2.75, 3.05) is 0 Å². The van der Waals surface area contributed by atoms with Gasteiger partial charge in [0.05, 0.1) is 12.1 Å². The minimum absolute atomic E-state index is 0.0174. The van der Waals surface area contributed by atoms with Gasteiger partial charge in [-0.3, -0.25) is 9.20 Å². The Kier molecular flexibility index (Phi) is 2.83. The fraction of sp³-hybridized carbons (Fsp3) is 0.143. The molecule has 2 heterocycles. The van der Waals surface area contributed by atoms with Crippen molar-refractivity contribution in [1.29, 1.82) is 0 Å². The molecule has 3 aromatic rings. The first-order chi connectivity index (χ1) is 9.15. The second-order valence-corrected chi connectivity index (χ2v) is 5.23. The number of aryl methyl sites for hydroxylation is 1. The maximum Gasteiger partial charge on any atom is 0.309 e. The van der Waals surface area contributed by atoms with Crippen LogP contribution in [0.15, 0.2) is 35.8 Å². The lowest BCUT2D eigenvalue weighted by Gasteiger charge is -2.00. The molecule has 0 saturated carbocycles. The fourth-order valence-electron chi connectivity index (χ4n) is 2.10. The Hall–Kier alpha value is -2.14. The van der Waals surface area contributed by atoms with Crippen LogP contribution in [0.25, 0.3) is 16.2 Å². The van der Waals surface area contributed by atoms with Crippen LogP contribution in [-0.4, -0.2) is 20.5 Å². The van der Waals surface area contributed by atoms with Crippen molar-refractivity contribution >= 4 is 22.3 Å². The van der Waals surface area contributed by atoms with Crippen LogP contribution in [0.4, 0.5) is 0 Å². The molecule has 1 N–H and O–H groups in total. The number of aliphatic carboxylic acids is 1. The van der Waals surface area contributed by atoms with Crippen molar-refractivity contribution in [3.63, 3.8) is 0 Å². The molecule has 3 rings (SSSR count). The zero-order valence-corrected chi connectivity index (χ0v) is 11.1. The highest BCUT2D eigenvalue weighted by Crippen LogP contribution is 2.26. The molecule has 0 spiro atoms. The van der Waals surface area contributed by atoms with Crippen LogP contribution in [0.1, 0.15) is 11.3 Å². The van der Waals surface area contributed by atoms with Gasteiger partial charge in [0.1, 0.15) is 0 Å². The van der Waals surface area contributed by atoms with E-state index in [1.807, 2.05) is 47.2 Å². The van der Waals surface area contributed by atoms with Crippen molar-refractivity contribution in [1.82, 2.24) is 9.38 Å². The van der Waals surface area contributed by atoms with Crippen LogP contribution in [0, 0.1) is 6.92 Å². The van der Waals surface area contributed by atoms with Gasteiger partial charge in [0.25, 0.3) is 0 Å². The Labute approximate surface area is 114 Å². The van der Waals surface area contributed by atoms with Crippen LogP contribution < -0.4 is 0 Å². The minimum Gasteiger partial charge on any atom is -0.481 e. The van der Waals surface area contributed by atoms with Gasteiger partial charge in [0, 0.05) is 22.8 Å². The number of hydrogen-bond acceptors (Lipinski definition) is 3. The minimum atomic E-state index is -0.828. The van der Waals surface area contributed by atoms with Crippen molar-refractivity contribution in [3.8, 4) is 11.3 Å². The Balaban J connectivity index is 2.10. The number of hydrogen-bond donors (Lipinski definition) is 1. The molecule has 0 bridgehead atoms. The van der Waals surface area contributed by atoms with Gasteiger partial charge in [0.15, 0.2) is 4.96 Å². The summed E-state index contributed by atoms with van der Waals surface area (Å²) in [4.78, 5) is 16.2. The summed E-state index contributed by atoms with van der Waals surface area (Å²) in [6.07, 6.45) is 1.93. The third kappa shape index (κ3) is 2.13. The predicted octanol–water partition coefficient (Wildman–Crippen LogP) is 3.00. The summed E-state index contributed by atoms with van der Waals surface area (Å²) in [6.45, 7) is 2.04. The lowest BCUT2D eigenvalue weighted by molar-refractivity contribution is -0.136. The standard InChI is InChI=1S/C14H12N2O2S/c1-9-4-2-3-5-11(9)12-7-16-10(6-13(17)18)8-19-14(16)15-12/h2-5,7-8H,6H2,1H3,(H,17,18). The van der Waals surface area contributed by atoms with E-state index in [1.54, 1.807) is 0 Å². The third-order valence-electron chi connectivity index (χ3n) is 3.04. The molecule has 0 saturated heterocycles. The fourth-order valence-corrected chi connectivity index (χ4v) is 2.97. The van der Waals surface area contributed by atoms with Gasteiger partial charge >= 0.3 is 5.97 Å². The number of imidazole rings is 1. The molecule has 0 amide bonds. The highest BCUT2D eigenvalue weighted by atomic mass is 32.1. The molecule has 19 heavy (non-hydrogen) atoms. The highest BCUT2D eigenvalue weighted by molar-refractivity contribution is 7.15. The average molecular weight is 272 g/mol. The number of benzene rings is 1. The van der Waals surface area contributed by atoms with Gasteiger partial charge in [0.2, 0.25) is 0 Å². The topological polar surface area (TPSA) is 54.6 Å². The molecule has 4 nitrogen and oxygen atoms in total. The van der Waals surface area contributed by atoms with Gasteiger partial charge in [-0.1, -0.05) is 24.3 Å². The van der Waals surface area contributed by atoms with Gasteiger partial charge in [-0.25, -0.2) is 4.98 Å². The lowest BCUT2D eigenvalue weighted by Crippen LogP contribution is -2.02. The maximum absolute atomic E-state index is 10.8. The second kappa shape index (κ2) is 4.51. The highest BCUT2D eigenvalue weighted by Gasteiger charge is 2.12. The first-order valence-corrected chi connectivity index (χ1v) is 6.76. The van der Waals surface area contributed by atoms with E-state index >= 15 is 0 Å². The number of carbonyl (C=O) groups is 1. The maximum atomic E-state index is 10.8. The van der Waals surface area contributed by atoms with Crippen molar-refractivity contribution in [2.24, 2.45) is 0 Å². The number of carboxylic acids is 1. The summed E-state index contributed by atoms with van der Waals surface area (Å²) in [5.74, 6) is -0.828. The van der Waals surface area contributed by atoms with Crippen LogP contribution in [-0.2, 0) is 11.2 Å². The lowest BCUT2D eigenvalue weighted by atomic mass is 10.1. The van der Waals surface area contributed by atoms with E-state index in [0.717, 1.165) is 27.5 Å². The molecule has 2 aromatic heterocycles. The normalized spacial score (nSPS) is 11.0. The van der Waals surface area contributed by atoms with E-state index in [1.165, 1.54) is 11.3 Å². The number of rotatable bonds is 3. The summed E-state index contributed by atoms with van der Waals surface area (Å²) < 4.78 is 1.86. The average Bonchev–Trinajstić information content (AvgIpc) is 2.91. The zero-order valence-electron chi connectivity index (χ0n) is 10.3. The predicted molar refractivity (Wildman–Crippen MR) is 74.6 cm³/mol. The Morgan fingerprint density at radius 1 is 1.42 bits per heavy atom. The number of thiazole rings is 1. The first kappa shape index (κ1) is 11.9. The van der Waals surface area contributed by atoms with E-state index in [4.69, 9.17) is 5.11 Å². The molecule has 0 atom stereocenters. The van der Waals surface area contributed by atoms with Crippen LogP contribution in [0.3, 0.4) is 0 Å². The molecule has 0 unspecified atom stereocenters. The molecule has 5 heteroatoms. The number of aromatic nitrogens is 2. The van der Waals surface area contributed by atoms with Gasteiger partial charge in [-0.2, -0.15) is 0 Å². The third-order valence-corrected chi connectivity index (χ3v) is 3.93. The van der Waals surface area contributed by atoms with E-state index in [-0.39, 0.29) is 6.42 Å². The number of nitrogens with zero attached hydrogens (tertiary/aromatic N) is 2. The molecular formula is C14H12N2O2S. The van der Waals surface area contributed by atoms with Crippen molar-refractivity contribution in [3.05, 3.63) is 47.1 Å². The van der Waals surface area contributed by atoms with Crippen molar-refractivity contribution in [2.45, 2.75) is 13.3 Å². The van der Waals surface area contributed by atoms with Gasteiger partial charge < -0.3 is 5.11 Å². The number of carboxylic acid groups (broad SMARTS) is 1. The Bertz CT molecular complexity index is 758. The molecule has 1 aromatic carbocycles. The van der Waals surface area contributed by atoms with Crippen LogP contribution >= 0.6 is 11.3 Å². The Morgan fingerprint density at radius 2 is 2.21 bits per heavy atom. The molecule has 0 aliphatic rings. The van der Waals surface area contributed by atoms with E-state index < -0.39 is 5.97 Å². The summed E-state index contributed by atoms with van der Waals surface area (Å²) in [5.41, 5.74) is 3.89. The molecule has 96 valence electrons. The zero-order chi connectivity index (χ0) is 13.4. The van der Waals surface area contributed by atoms with Crippen LogP contribution in [0.5, 0.6) is 0 Å². The smallest absolute Gasteiger partial charge is 0.309 e. The van der Waals surface area contributed by atoms with E-state index in [9.17, 15) is 4.79 Å². The summed E-state index contributed by atoms with van der Waals surface area (Å²) >= 11 is 1.47. The summed E-state index contributed by atoms with van der Waals surface area (Å²) in [7, 11) is 0. The molecule has 0 fully saturated rings. The molecule has 0 aliphatic heterocycles. The van der Waals surface area contributed by atoms with Gasteiger partial charge in [-0.05, 0) is 12.5 Å². The molecular weight excluding hydrogens is 260 g/mol. The second-order valence-electron chi connectivity index (χ2n) is 4.39. The molecule has 0 radical (unpaired) electrons. The Morgan fingerprint density at radius 3 is 2.95 bits per heavy atom. The number of fused-ring (bicyclic) bond motifs is 1. The van der Waals surface area contributed by atoms with Crippen molar-refractivity contribution < 1.29 is 9.90 Å². The largest absolute Gasteiger partial charge is 0.481 e. The molecule has 0 aliphatic carbocycles. The van der Waals surface area contributed by atoms with Gasteiger partial charge in [-0.15, -0.1) is 11.3 Å². The van der Waals surface area contributed by atoms with Crippen LogP contribution in [0.2, 0.25) is 0 Å². The van der Waals surface area contributed by atoms with E-state index in [2.05, 4.69) is 4.98 Å². The summed E-state index contributed by atoms with van der Waals surface area (Å²) in [6, 6.07) is 8.04. The first-order valence-electron chi connectivity index (χ1n) is 5.88.